The highest BCUT2D eigenvalue weighted by atomic mass is 127. The maximum absolute atomic E-state index is 5.33. The van der Waals surface area contributed by atoms with Crippen LogP contribution in [0.3, 0.4) is 0 Å². The molecule has 1 fully saturated rings. The molecular formula is C21H29IN8O. The van der Waals surface area contributed by atoms with Crippen molar-refractivity contribution in [2.24, 2.45) is 4.99 Å². The van der Waals surface area contributed by atoms with Gasteiger partial charge in [-0.1, -0.05) is 6.07 Å². The molecule has 0 saturated carbocycles. The number of nitrogens with zero attached hydrogens (tertiary/aromatic N) is 5. The van der Waals surface area contributed by atoms with Gasteiger partial charge in [0.1, 0.15) is 11.6 Å². The van der Waals surface area contributed by atoms with Gasteiger partial charge < -0.3 is 20.0 Å². The molecule has 9 nitrogen and oxygen atoms in total. The van der Waals surface area contributed by atoms with Crippen LogP contribution < -0.4 is 15.5 Å². The number of furan rings is 1. The van der Waals surface area contributed by atoms with E-state index in [4.69, 9.17) is 9.41 Å². The third-order valence-electron chi connectivity index (χ3n) is 5.05. The van der Waals surface area contributed by atoms with Crippen LogP contribution in [-0.4, -0.2) is 58.3 Å². The second kappa shape index (κ2) is 11.7. The normalized spacial score (nSPS) is 14.9. The van der Waals surface area contributed by atoms with Gasteiger partial charge in [-0.2, -0.15) is 5.10 Å². The van der Waals surface area contributed by atoms with E-state index in [0.717, 1.165) is 50.1 Å². The van der Waals surface area contributed by atoms with Crippen molar-refractivity contribution in [3.63, 3.8) is 0 Å². The van der Waals surface area contributed by atoms with Crippen molar-refractivity contribution >= 4 is 35.8 Å². The van der Waals surface area contributed by atoms with Crippen LogP contribution in [-0.2, 0) is 6.42 Å². The second-order valence-electron chi connectivity index (χ2n) is 7.19. The van der Waals surface area contributed by atoms with E-state index in [1.807, 2.05) is 30.5 Å². The zero-order valence-electron chi connectivity index (χ0n) is 17.6. The number of piperidine rings is 1. The minimum atomic E-state index is 0. The Hall–Kier alpha value is -2.63. The molecular weight excluding hydrogens is 507 g/mol. The molecule has 0 aromatic carbocycles. The Balaban J connectivity index is 0.00000272. The lowest BCUT2D eigenvalue weighted by molar-refractivity contribution is 0.459. The summed E-state index contributed by atoms with van der Waals surface area (Å²) in [6.45, 7) is 5.49. The first-order chi connectivity index (χ1) is 14.8. The van der Waals surface area contributed by atoms with Crippen LogP contribution in [0.5, 0.6) is 0 Å². The Kier molecular flexibility index (Phi) is 8.68. The van der Waals surface area contributed by atoms with E-state index in [-0.39, 0.29) is 24.0 Å². The van der Waals surface area contributed by atoms with Crippen LogP contribution in [0.2, 0.25) is 0 Å². The van der Waals surface area contributed by atoms with Crippen molar-refractivity contribution in [1.29, 1.82) is 0 Å². The van der Waals surface area contributed by atoms with Gasteiger partial charge in [-0.15, -0.1) is 24.0 Å². The van der Waals surface area contributed by atoms with Crippen molar-refractivity contribution in [3.8, 4) is 11.6 Å². The third kappa shape index (κ3) is 6.42. The van der Waals surface area contributed by atoms with Crippen molar-refractivity contribution in [1.82, 2.24) is 30.8 Å². The Morgan fingerprint density at radius 3 is 2.84 bits per heavy atom. The predicted octanol–water partition coefficient (Wildman–Crippen LogP) is 2.84. The Morgan fingerprint density at radius 2 is 2.13 bits per heavy atom. The van der Waals surface area contributed by atoms with Crippen LogP contribution in [0.15, 0.2) is 52.2 Å². The van der Waals surface area contributed by atoms with Crippen LogP contribution >= 0.6 is 24.0 Å². The fourth-order valence-corrected chi connectivity index (χ4v) is 3.50. The van der Waals surface area contributed by atoms with E-state index in [2.05, 4.69) is 48.7 Å². The lowest BCUT2D eigenvalue weighted by atomic mass is 10.1. The molecule has 1 saturated heterocycles. The summed E-state index contributed by atoms with van der Waals surface area (Å²) in [6, 6.07) is 10.1. The van der Waals surface area contributed by atoms with Gasteiger partial charge in [0.25, 0.3) is 0 Å². The largest absolute Gasteiger partial charge is 0.461 e. The first kappa shape index (κ1) is 23.0. The molecule has 0 atom stereocenters. The SMILES string of the molecule is CCNC(=NCCc1nc(-c2ccco2)n[nH]1)NC1CCN(c2ccccn2)CC1.I. The average Bonchev–Trinajstić information content (AvgIpc) is 3.47. The number of aromatic nitrogens is 4. The van der Waals surface area contributed by atoms with Gasteiger partial charge in [0.2, 0.25) is 5.82 Å². The number of H-pyrrole nitrogens is 1. The fraction of sp³-hybridized carbons (Fsp3) is 0.429. The molecule has 0 radical (unpaired) electrons. The van der Waals surface area contributed by atoms with Gasteiger partial charge in [-0.05, 0) is 44.0 Å². The number of nitrogens with one attached hydrogen (secondary N) is 3. The quantitative estimate of drug-likeness (QED) is 0.242. The van der Waals surface area contributed by atoms with Gasteiger partial charge in [0.05, 0.1) is 6.26 Å². The standard InChI is InChI=1S/C21H28N8O.HI/c1-2-22-21(24-12-8-18-26-20(28-27-18)17-6-5-15-30-17)25-16-9-13-29(14-10-16)19-7-3-4-11-23-19;/h3-7,11,15-16H,2,8-10,12-14H2,1H3,(H2,22,24,25)(H,26,27,28);1H. The molecule has 0 spiro atoms. The molecule has 3 aromatic rings. The second-order valence-corrected chi connectivity index (χ2v) is 7.19. The maximum Gasteiger partial charge on any atom is 0.216 e. The maximum atomic E-state index is 5.33. The van der Waals surface area contributed by atoms with Gasteiger partial charge in [-0.3, -0.25) is 10.1 Å². The van der Waals surface area contributed by atoms with Crippen LogP contribution in [0.4, 0.5) is 5.82 Å². The number of rotatable bonds is 7. The van der Waals surface area contributed by atoms with Crippen molar-refractivity contribution < 1.29 is 4.42 Å². The molecule has 4 rings (SSSR count). The molecule has 31 heavy (non-hydrogen) atoms. The zero-order valence-corrected chi connectivity index (χ0v) is 20.0. The van der Waals surface area contributed by atoms with Gasteiger partial charge in [0, 0.05) is 44.8 Å². The van der Waals surface area contributed by atoms with Crippen molar-refractivity contribution in [2.45, 2.75) is 32.2 Å². The molecule has 10 heteroatoms. The van der Waals surface area contributed by atoms with Crippen LogP contribution in [0.1, 0.15) is 25.6 Å². The Labute approximate surface area is 199 Å². The summed E-state index contributed by atoms with van der Waals surface area (Å²) in [7, 11) is 0. The Morgan fingerprint density at radius 1 is 1.26 bits per heavy atom. The fourth-order valence-electron chi connectivity index (χ4n) is 3.50. The molecule has 3 N–H and O–H groups in total. The minimum Gasteiger partial charge on any atom is -0.461 e. The highest BCUT2D eigenvalue weighted by Gasteiger charge is 2.20. The topological polar surface area (TPSA) is 107 Å². The summed E-state index contributed by atoms with van der Waals surface area (Å²) >= 11 is 0. The molecule has 3 aromatic heterocycles. The summed E-state index contributed by atoms with van der Waals surface area (Å²) in [5.74, 6) is 3.93. The number of hydrogen-bond donors (Lipinski definition) is 3. The van der Waals surface area contributed by atoms with E-state index < -0.39 is 0 Å². The number of hydrogen-bond acceptors (Lipinski definition) is 6. The van der Waals surface area contributed by atoms with Crippen molar-refractivity contribution in [2.75, 3.05) is 31.1 Å². The predicted molar refractivity (Wildman–Crippen MR) is 132 cm³/mol. The molecule has 0 unspecified atom stereocenters. The minimum absolute atomic E-state index is 0. The molecule has 0 aliphatic carbocycles. The monoisotopic (exact) mass is 536 g/mol. The lowest BCUT2D eigenvalue weighted by Gasteiger charge is -2.33. The summed E-state index contributed by atoms with van der Waals surface area (Å²) in [5.41, 5.74) is 0. The molecule has 1 aliphatic rings. The van der Waals surface area contributed by atoms with E-state index in [1.165, 1.54) is 0 Å². The van der Waals surface area contributed by atoms with Gasteiger partial charge in [0.15, 0.2) is 11.7 Å². The highest BCUT2D eigenvalue weighted by molar-refractivity contribution is 14.0. The number of guanidine groups is 1. The third-order valence-corrected chi connectivity index (χ3v) is 5.05. The smallest absolute Gasteiger partial charge is 0.216 e. The van der Waals surface area contributed by atoms with E-state index >= 15 is 0 Å². The number of halogens is 1. The average molecular weight is 536 g/mol. The first-order valence-corrected chi connectivity index (χ1v) is 10.5. The van der Waals surface area contributed by atoms with E-state index in [9.17, 15) is 0 Å². The molecule has 0 amide bonds. The van der Waals surface area contributed by atoms with Crippen LogP contribution in [0.25, 0.3) is 11.6 Å². The van der Waals surface area contributed by atoms with E-state index in [0.29, 0.717) is 30.6 Å². The number of pyridine rings is 1. The first-order valence-electron chi connectivity index (χ1n) is 10.5. The van der Waals surface area contributed by atoms with Gasteiger partial charge >= 0.3 is 0 Å². The summed E-state index contributed by atoms with van der Waals surface area (Å²) in [5, 5.41) is 14.1. The van der Waals surface area contributed by atoms with Crippen LogP contribution in [0, 0.1) is 0 Å². The lowest BCUT2D eigenvalue weighted by Crippen LogP contribution is -2.49. The summed E-state index contributed by atoms with van der Waals surface area (Å²) in [6.07, 6.45) is 6.25. The highest BCUT2D eigenvalue weighted by Crippen LogP contribution is 2.17. The zero-order chi connectivity index (χ0) is 20.6. The Bertz CT molecular complexity index is 920. The van der Waals surface area contributed by atoms with E-state index in [1.54, 1.807) is 6.26 Å². The molecule has 4 heterocycles. The van der Waals surface area contributed by atoms with Gasteiger partial charge in [-0.25, -0.2) is 9.97 Å². The molecule has 0 bridgehead atoms. The molecule has 166 valence electrons. The number of anilines is 1. The van der Waals surface area contributed by atoms with Crippen molar-refractivity contribution in [3.05, 3.63) is 48.6 Å². The number of aromatic amines is 1. The molecule has 1 aliphatic heterocycles. The summed E-state index contributed by atoms with van der Waals surface area (Å²) < 4.78 is 5.33. The number of aliphatic imine (C=N–C) groups is 1. The summed E-state index contributed by atoms with van der Waals surface area (Å²) in [4.78, 5) is 16.0.